The highest BCUT2D eigenvalue weighted by Crippen LogP contribution is 2.19. The number of aryl methyl sites for hydroxylation is 1. The van der Waals surface area contributed by atoms with Crippen LogP contribution in [0.1, 0.15) is 16.1 Å². The molecule has 82 valence electrons. The molecule has 0 radical (unpaired) electrons. The molecule has 1 aromatic heterocycles. The predicted octanol–water partition coefficient (Wildman–Crippen LogP) is 1.68. The number of rotatable bonds is 2. The molecule has 16 heavy (non-hydrogen) atoms. The third kappa shape index (κ3) is 2.17. The van der Waals surface area contributed by atoms with Crippen molar-refractivity contribution in [2.45, 2.75) is 6.92 Å². The number of aromatic nitrogens is 2. The fraction of sp³-hybridized carbons (Fsp3) is 0.100. The van der Waals surface area contributed by atoms with E-state index < -0.39 is 0 Å². The third-order valence-electron chi connectivity index (χ3n) is 2.05. The summed E-state index contributed by atoms with van der Waals surface area (Å²) in [6.45, 7) is 1.94. The largest absolute Gasteiger partial charge is 0.397 e. The van der Waals surface area contributed by atoms with E-state index in [0.717, 1.165) is 17.1 Å². The topological polar surface area (TPSA) is 80.9 Å². The summed E-state index contributed by atoms with van der Waals surface area (Å²) in [5, 5.41) is 7.94. The second kappa shape index (κ2) is 4.28. The van der Waals surface area contributed by atoms with Gasteiger partial charge in [0.2, 0.25) is 0 Å². The summed E-state index contributed by atoms with van der Waals surface area (Å²) >= 11 is 1.13. The fourth-order valence-corrected chi connectivity index (χ4v) is 1.68. The first kappa shape index (κ1) is 10.6. The molecule has 1 amide bonds. The number of nitrogens with zero attached hydrogens (tertiary/aromatic N) is 2. The zero-order chi connectivity index (χ0) is 11.5. The quantitative estimate of drug-likeness (QED) is 0.775. The Kier molecular flexibility index (Phi) is 2.82. The summed E-state index contributed by atoms with van der Waals surface area (Å²) < 4.78 is 3.62. The molecule has 1 aromatic carbocycles. The van der Waals surface area contributed by atoms with E-state index in [1.807, 2.05) is 13.0 Å². The maximum atomic E-state index is 11.6. The Hall–Kier alpha value is -1.95. The van der Waals surface area contributed by atoms with Gasteiger partial charge >= 0.3 is 0 Å². The zero-order valence-electron chi connectivity index (χ0n) is 8.60. The van der Waals surface area contributed by atoms with E-state index in [1.54, 1.807) is 17.5 Å². The zero-order valence-corrected chi connectivity index (χ0v) is 9.41. The first-order valence-electron chi connectivity index (χ1n) is 4.61. The molecule has 0 saturated carbocycles. The molecule has 0 saturated heterocycles. The van der Waals surface area contributed by atoms with Crippen molar-refractivity contribution >= 4 is 28.8 Å². The summed E-state index contributed by atoms with van der Waals surface area (Å²) in [5.74, 6) is -0.302. The smallest absolute Gasteiger partial charge is 0.277 e. The molecule has 3 N–H and O–H groups in total. The molecule has 0 spiro atoms. The van der Waals surface area contributed by atoms with E-state index in [4.69, 9.17) is 5.73 Å². The molecule has 1 heterocycles. The molecule has 0 bridgehead atoms. The van der Waals surface area contributed by atoms with Crippen LogP contribution in [0, 0.1) is 6.92 Å². The standard InChI is InChI=1S/C10H10N4OS/c1-6-2-3-8(7(11)4-6)12-10(15)9-5-16-14-13-9/h2-5H,11H2,1H3,(H,12,15). The Labute approximate surface area is 96.5 Å². The Morgan fingerprint density at radius 3 is 2.94 bits per heavy atom. The molecule has 0 fully saturated rings. The number of anilines is 2. The van der Waals surface area contributed by atoms with Crippen molar-refractivity contribution in [3.8, 4) is 0 Å². The summed E-state index contributed by atoms with van der Waals surface area (Å²) in [4.78, 5) is 11.6. The van der Waals surface area contributed by atoms with Gasteiger partial charge in [-0.05, 0) is 36.2 Å². The van der Waals surface area contributed by atoms with Crippen LogP contribution in [0.2, 0.25) is 0 Å². The van der Waals surface area contributed by atoms with Crippen LogP contribution in [0.25, 0.3) is 0 Å². The first-order chi connectivity index (χ1) is 7.66. The molecule has 5 nitrogen and oxygen atoms in total. The molecule has 0 aliphatic heterocycles. The maximum Gasteiger partial charge on any atom is 0.277 e. The summed E-state index contributed by atoms with van der Waals surface area (Å²) in [5.41, 5.74) is 8.24. The van der Waals surface area contributed by atoms with Crippen LogP contribution in [0.3, 0.4) is 0 Å². The van der Waals surface area contributed by atoms with Crippen LogP contribution in [0.15, 0.2) is 23.6 Å². The number of amides is 1. The normalized spacial score (nSPS) is 10.1. The lowest BCUT2D eigenvalue weighted by atomic mass is 10.2. The third-order valence-corrected chi connectivity index (χ3v) is 2.55. The Morgan fingerprint density at radius 1 is 1.50 bits per heavy atom. The minimum absolute atomic E-state index is 0.296. The Morgan fingerprint density at radius 2 is 2.31 bits per heavy atom. The number of carbonyl (C=O) groups excluding carboxylic acids is 1. The van der Waals surface area contributed by atoms with Gasteiger partial charge in [-0.1, -0.05) is 10.6 Å². The number of hydrogen-bond donors (Lipinski definition) is 2. The number of benzene rings is 1. The molecule has 6 heteroatoms. The SMILES string of the molecule is Cc1ccc(NC(=O)c2csnn2)c(N)c1. The van der Waals surface area contributed by atoms with Crippen LogP contribution in [0.5, 0.6) is 0 Å². The van der Waals surface area contributed by atoms with Gasteiger partial charge in [-0.2, -0.15) is 0 Å². The Balaban J connectivity index is 2.18. The molecule has 0 aliphatic carbocycles. The summed E-state index contributed by atoms with van der Waals surface area (Å²) in [6, 6.07) is 5.45. The maximum absolute atomic E-state index is 11.6. The van der Waals surface area contributed by atoms with Crippen molar-refractivity contribution in [1.82, 2.24) is 9.59 Å². The van der Waals surface area contributed by atoms with Crippen LogP contribution >= 0.6 is 11.5 Å². The predicted molar refractivity (Wildman–Crippen MR) is 63.5 cm³/mol. The molecule has 0 aliphatic rings. The van der Waals surface area contributed by atoms with Gasteiger partial charge < -0.3 is 11.1 Å². The number of nitrogen functional groups attached to an aromatic ring is 1. The summed E-state index contributed by atoms with van der Waals surface area (Å²) in [6.07, 6.45) is 0. The number of nitrogens with two attached hydrogens (primary N) is 1. The van der Waals surface area contributed by atoms with Crippen LogP contribution < -0.4 is 11.1 Å². The highest BCUT2D eigenvalue weighted by atomic mass is 32.1. The van der Waals surface area contributed by atoms with Gasteiger partial charge in [-0.15, -0.1) is 5.10 Å². The number of hydrogen-bond acceptors (Lipinski definition) is 5. The van der Waals surface area contributed by atoms with E-state index in [2.05, 4.69) is 14.9 Å². The monoisotopic (exact) mass is 234 g/mol. The minimum atomic E-state index is -0.302. The van der Waals surface area contributed by atoms with Crippen molar-refractivity contribution in [1.29, 1.82) is 0 Å². The van der Waals surface area contributed by atoms with Gasteiger partial charge in [0.1, 0.15) is 0 Å². The molecular formula is C10H10N4OS. The second-order valence-electron chi connectivity index (χ2n) is 3.33. The molecule has 2 rings (SSSR count). The van der Waals surface area contributed by atoms with Gasteiger partial charge in [0.25, 0.3) is 5.91 Å². The van der Waals surface area contributed by atoms with Gasteiger partial charge in [-0.3, -0.25) is 4.79 Å². The van der Waals surface area contributed by atoms with Crippen molar-refractivity contribution in [3.63, 3.8) is 0 Å². The van der Waals surface area contributed by atoms with E-state index >= 15 is 0 Å². The second-order valence-corrected chi connectivity index (χ2v) is 3.94. The van der Waals surface area contributed by atoms with Gasteiger partial charge in [0.05, 0.1) is 11.4 Å². The van der Waals surface area contributed by atoms with Crippen LogP contribution in [-0.4, -0.2) is 15.5 Å². The lowest BCUT2D eigenvalue weighted by molar-refractivity contribution is 0.102. The van der Waals surface area contributed by atoms with Crippen molar-refractivity contribution < 1.29 is 4.79 Å². The highest BCUT2D eigenvalue weighted by molar-refractivity contribution is 7.03. The van der Waals surface area contributed by atoms with Crippen molar-refractivity contribution in [2.75, 3.05) is 11.1 Å². The average Bonchev–Trinajstić information content (AvgIpc) is 2.75. The van der Waals surface area contributed by atoms with Crippen molar-refractivity contribution in [2.24, 2.45) is 0 Å². The number of nitrogens with one attached hydrogen (secondary N) is 1. The van der Waals surface area contributed by atoms with Gasteiger partial charge in [-0.25, -0.2) is 0 Å². The minimum Gasteiger partial charge on any atom is -0.397 e. The molecule has 0 atom stereocenters. The highest BCUT2D eigenvalue weighted by Gasteiger charge is 2.10. The van der Waals surface area contributed by atoms with Gasteiger partial charge in [0.15, 0.2) is 5.69 Å². The van der Waals surface area contributed by atoms with Crippen LogP contribution in [-0.2, 0) is 0 Å². The number of carbonyl (C=O) groups is 1. The van der Waals surface area contributed by atoms with Crippen molar-refractivity contribution in [3.05, 3.63) is 34.8 Å². The molecule has 2 aromatic rings. The first-order valence-corrected chi connectivity index (χ1v) is 5.45. The van der Waals surface area contributed by atoms with E-state index in [1.165, 1.54) is 0 Å². The van der Waals surface area contributed by atoms with E-state index in [0.29, 0.717) is 17.1 Å². The van der Waals surface area contributed by atoms with Crippen LogP contribution in [0.4, 0.5) is 11.4 Å². The fourth-order valence-electron chi connectivity index (χ4n) is 1.25. The average molecular weight is 234 g/mol. The Bertz CT molecular complexity index is 510. The van der Waals surface area contributed by atoms with E-state index in [9.17, 15) is 4.79 Å². The van der Waals surface area contributed by atoms with E-state index in [-0.39, 0.29) is 5.91 Å². The molecular weight excluding hydrogens is 224 g/mol. The summed E-state index contributed by atoms with van der Waals surface area (Å²) in [7, 11) is 0. The lowest BCUT2D eigenvalue weighted by Crippen LogP contribution is -2.13. The lowest BCUT2D eigenvalue weighted by Gasteiger charge is -2.07. The van der Waals surface area contributed by atoms with Gasteiger partial charge in [0, 0.05) is 5.38 Å². The molecule has 0 unspecified atom stereocenters.